The number of benzene rings is 3. The molecule has 0 atom stereocenters. The second-order valence-electron chi connectivity index (χ2n) is 5.61. The van der Waals surface area contributed by atoms with E-state index in [2.05, 4.69) is 31.9 Å². The number of nitrogens with one attached hydrogen (secondary N) is 3. The van der Waals surface area contributed by atoms with Gasteiger partial charge in [0.05, 0.1) is 11.4 Å². The second-order valence-corrected chi connectivity index (χ2v) is 6.47. The Balaban J connectivity index is 1.65. The molecule has 3 amide bonds. The SMILES string of the molecule is O=C(Nc1ccc(NC(=O)c2ccccc2)cc1O)Nc1ccccc1Br. The zero-order valence-electron chi connectivity index (χ0n) is 14.1. The summed E-state index contributed by atoms with van der Waals surface area (Å²) < 4.78 is 0.739. The van der Waals surface area contributed by atoms with Crippen molar-refractivity contribution in [2.24, 2.45) is 0 Å². The highest BCUT2D eigenvalue weighted by Crippen LogP contribution is 2.28. The first-order chi connectivity index (χ1) is 13.0. The number of urea groups is 1. The second kappa shape index (κ2) is 8.37. The van der Waals surface area contributed by atoms with Gasteiger partial charge in [-0.25, -0.2) is 4.79 Å². The van der Waals surface area contributed by atoms with Crippen molar-refractivity contribution in [3.63, 3.8) is 0 Å². The summed E-state index contributed by atoms with van der Waals surface area (Å²) in [5.74, 6) is -0.453. The lowest BCUT2D eigenvalue weighted by atomic mass is 10.2. The van der Waals surface area contributed by atoms with Crippen molar-refractivity contribution >= 4 is 44.9 Å². The molecule has 3 aromatic carbocycles. The third-order valence-corrected chi connectivity index (χ3v) is 4.35. The van der Waals surface area contributed by atoms with E-state index in [9.17, 15) is 14.7 Å². The van der Waals surface area contributed by atoms with E-state index in [0.717, 1.165) is 4.47 Å². The molecule has 136 valence electrons. The van der Waals surface area contributed by atoms with Crippen molar-refractivity contribution in [1.82, 2.24) is 0 Å². The number of hydrogen-bond acceptors (Lipinski definition) is 3. The predicted octanol–water partition coefficient (Wildman–Crippen LogP) is 5.05. The van der Waals surface area contributed by atoms with Gasteiger partial charge in [0.15, 0.2) is 0 Å². The Morgan fingerprint density at radius 2 is 1.44 bits per heavy atom. The van der Waals surface area contributed by atoms with Crippen LogP contribution in [-0.4, -0.2) is 17.0 Å². The fraction of sp³-hybridized carbons (Fsp3) is 0. The lowest BCUT2D eigenvalue weighted by Crippen LogP contribution is -2.19. The Hall–Kier alpha value is -3.32. The Morgan fingerprint density at radius 3 is 2.15 bits per heavy atom. The largest absolute Gasteiger partial charge is 0.506 e. The maximum atomic E-state index is 12.1. The van der Waals surface area contributed by atoms with Crippen LogP contribution in [0.4, 0.5) is 21.9 Å². The highest BCUT2D eigenvalue weighted by Gasteiger charge is 2.11. The van der Waals surface area contributed by atoms with Gasteiger partial charge in [-0.2, -0.15) is 0 Å². The average molecular weight is 426 g/mol. The first kappa shape index (κ1) is 18.5. The van der Waals surface area contributed by atoms with Crippen molar-refractivity contribution in [3.8, 4) is 5.75 Å². The van der Waals surface area contributed by atoms with Gasteiger partial charge in [-0.05, 0) is 52.3 Å². The minimum atomic E-state index is -0.502. The van der Waals surface area contributed by atoms with Gasteiger partial charge in [-0.3, -0.25) is 4.79 Å². The number of rotatable bonds is 4. The van der Waals surface area contributed by atoms with Crippen LogP contribution < -0.4 is 16.0 Å². The smallest absolute Gasteiger partial charge is 0.323 e. The van der Waals surface area contributed by atoms with Crippen LogP contribution in [0.15, 0.2) is 77.3 Å². The number of halogens is 1. The van der Waals surface area contributed by atoms with Crippen molar-refractivity contribution < 1.29 is 14.7 Å². The molecule has 0 saturated heterocycles. The standard InChI is InChI=1S/C20H16BrN3O3/c21-15-8-4-5-9-16(15)23-20(27)24-17-11-10-14(12-18(17)25)22-19(26)13-6-2-1-3-7-13/h1-12,25H,(H,22,26)(H2,23,24,27). The fourth-order valence-corrected chi connectivity index (χ4v) is 2.73. The first-order valence-electron chi connectivity index (χ1n) is 8.05. The summed E-state index contributed by atoms with van der Waals surface area (Å²) in [5, 5.41) is 18.1. The Morgan fingerprint density at radius 1 is 0.778 bits per heavy atom. The van der Waals surface area contributed by atoms with Crippen molar-refractivity contribution in [3.05, 3.63) is 82.8 Å². The fourth-order valence-electron chi connectivity index (χ4n) is 2.35. The average Bonchev–Trinajstić information content (AvgIpc) is 2.66. The zero-order valence-corrected chi connectivity index (χ0v) is 15.7. The summed E-state index contributed by atoms with van der Waals surface area (Å²) in [4.78, 5) is 24.3. The lowest BCUT2D eigenvalue weighted by molar-refractivity contribution is 0.102. The van der Waals surface area contributed by atoms with E-state index < -0.39 is 6.03 Å². The van der Waals surface area contributed by atoms with Gasteiger partial charge >= 0.3 is 6.03 Å². The summed E-state index contributed by atoms with van der Waals surface area (Å²) in [6, 6.07) is 19.9. The van der Waals surface area contributed by atoms with Crippen molar-refractivity contribution in [2.75, 3.05) is 16.0 Å². The van der Waals surface area contributed by atoms with Crippen molar-refractivity contribution in [2.45, 2.75) is 0 Å². The van der Waals surface area contributed by atoms with Gasteiger partial charge in [0, 0.05) is 21.8 Å². The van der Waals surface area contributed by atoms with E-state index in [1.807, 2.05) is 12.1 Å². The number of hydrogen-bond donors (Lipinski definition) is 4. The summed E-state index contributed by atoms with van der Waals surface area (Å²) >= 11 is 3.34. The highest BCUT2D eigenvalue weighted by molar-refractivity contribution is 9.10. The van der Waals surface area contributed by atoms with E-state index in [0.29, 0.717) is 16.9 Å². The maximum absolute atomic E-state index is 12.1. The monoisotopic (exact) mass is 425 g/mol. The number of para-hydroxylation sites is 1. The quantitative estimate of drug-likeness (QED) is 0.440. The Labute approximate surface area is 164 Å². The van der Waals surface area contributed by atoms with Gasteiger partial charge < -0.3 is 21.1 Å². The minimum absolute atomic E-state index is 0.164. The number of carbonyl (C=O) groups excluding carboxylic acids is 2. The van der Waals surface area contributed by atoms with Gasteiger partial charge in [0.25, 0.3) is 5.91 Å². The topological polar surface area (TPSA) is 90.5 Å². The highest BCUT2D eigenvalue weighted by atomic mass is 79.9. The van der Waals surface area contributed by atoms with E-state index in [4.69, 9.17) is 0 Å². The lowest BCUT2D eigenvalue weighted by Gasteiger charge is -2.12. The van der Waals surface area contributed by atoms with E-state index in [1.54, 1.807) is 48.5 Å². The summed E-state index contributed by atoms with van der Waals surface area (Å²) in [7, 11) is 0. The van der Waals surface area contributed by atoms with E-state index >= 15 is 0 Å². The number of carbonyl (C=O) groups is 2. The number of anilines is 3. The van der Waals surface area contributed by atoms with Crippen LogP contribution in [0, 0.1) is 0 Å². The Kier molecular flexibility index (Phi) is 5.73. The zero-order chi connectivity index (χ0) is 19.2. The summed E-state index contributed by atoms with van der Waals surface area (Å²) in [6.45, 7) is 0. The molecule has 0 bridgehead atoms. The molecule has 0 heterocycles. The molecule has 0 unspecified atom stereocenters. The molecule has 0 aliphatic rings. The third kappa shape index (κ3) is 4.86. The third-order valence-electron chi connectivity index (χ3n) is 3.66. The molecule has 7 heteroatoms. The number of phenols is 1. The molecule has 0 aliphatic carbocycles. The van der Waals surface area contributed by atoms with Crippen LogP contribution in [0.5, 0.6) is 5.75 Å². The van der Waals surface area contributed by atoms with Crippen LogP contribution in [0.2, 0.25) is 0 Å². The van der Waals surface area contributed by atoms with Gasteiger partial charge in [0.2, 0.25) is 0 Å². The van der Waals surface area contributed by atoms with Crippen LogP contribution >= 0.6 is 15.9 Å². The van der Waals surface area contributed by atoms with Gasteiger partial charge in [0.1, 0.15) is 5.75 Å². The molecule has 4 N–H and O–H groups in total. The Bertz CT molecular complexity index is 977. The van der Waals surface area contributed by atoms with Crippen LogP contribution in [-0.2, 0) is 0 Å². The molecular weight excluding hydrogens is 410 g/mol. The molecule has 3 rings (SSSR count). The normalized spacial score (nSPS) is 10.1. The predicted molar refractivity (Wildman–Crippen MR) is 109 cm³/mol. The molecule has 3 aromatic rings. The molecular formula is C20H16BrN3O3. The van der Waals surface area contributed by atoms with Crippen molar-refractivity contribution in [1.29, 1.82) is 0 Å². The molecule has 0 spiro atoms. The van der Waals surface area contributed by atoms with Gasteiger partial charge in [-0.1, -0.05) is 30.3 Å². The van der Waals surface area contributed by atoms with E-state index in [-0.39, 0.29) is 17.3 Å². The summed E-state index contributed by atoms with van der Waals surface area (Å²) in [5.41, 5.74) is 1.74. The molecule has 0 aromatic heterocycles. The number of phenolic OH excluding ortho intramolecular Hbond substituents is 1. The molecule has 27 heavy (non-hydrogen) atoms. The molecule has 0 saturated carbocycles. The number of aromatic hydroxyl groups is 1. The van der Waals surface area contributed by atoms with E-state index in [1.165, 1.54) is 12.1 Å². The molecule has 0 radical (unpaired) electrons. The molecule has 0 aliphatic heterocycles. The molecule has 0 fully saturated rings. The summed E-state index contributed by atoms with van der Waals surface area (Å²) in [6.07, 6.45) is 0. The minimum Gasteiger partial charge on any atom is -0.506 e. The first-order valence-corrected chi connectivity index (χ1v) is 8.84. The maximum Gasteiger partial charge on any atom is 0.323 e. The van der Waals surface area contributed by atoms with Gasteiger partial charge in [-0.15, -0.1) is 0 Å². The van der Waals surface area contributed by atoms with Crippen LogP contribution in [0.3, 0.4) is 0 Å². The molecule has 6 nitrogen and oxygen atoms in total. The van der Waals surface area contributed by atoms with Crippen LogP contribution in [0.25, 0.3) is 0 Å². The van der Waals surface area contributed by atoms with Crippen LogP contribution in [0.1, 0.15) is 10.4 Å². The number of amides is 3.